The normalized spacial score (nSPS) is 16.7. The summed E-state index contributed by atoms with van der Waals surface area (Å²) in [6.45, 7) is 5.08. The number of anilines is 2. The van der Waals surface area contributed by atoms with Crippen LogP contribution in [0.2, 0.25) is 0 Å². The highest BCUT2D eigenvalue weighted by molar-refractivity contribution is 5.95. The maximum Gasteiger partial charge on any atom is 0.321 e. The molecular weight excluding hydrogens is 396 g/mol. The van der Waals surface area contributed by atoms with Crippen molar-refractivity contribution in [1.82, 2.24) is 9.80 Å². The van der Waals surface area contributed by atoms with Crippen molar-refractivity contribution in [2.24, 2.45) is 0 Å². The second kappa shape index (κ2) is 9.70. The Balaban J connectivity index is 1.32. The minimum Gasteiger partial charge on any atom is -0.495 e. The van der Waals surface area contributed by atoms with Crippen LogP contribution in [0, 0.1) is 0 Å². The third kappa shape index (κ3) is 4.91. The van der Waals surface area contributed by atoms with Crippen LogP contribution in [0.5, 0.6) is 5.75 Å². The van der Waals surface area contributed by atoms with Gasteiger partial charge < -0.3 is 29.5 Å². The highest BCUT2D eigenvalue weighted by atomic mass is 16.5. The number of urea groups is 1. The number of rotatable bonds is 4. The lowest BCUT2D eigenvalue weighted by Crippen LogP contribution is -2.48. The minimum atomic E-state index is -0.144. The molecule has 31 heavy (non-hydrogen) atoms. The number of amides is 3. The number of benzene rings is 2. The smallest absolute Gasteiger partial charge is 0.321 e. The lowest BCUT2D eigenvalue weighted by Gasteiger charge is -2.36. The zero-order valence-corrected chi connectivity index (χ0v) is 17.8. The van der Waals surface area contributed by atoms with E-state index in [9.17, 15) is 9.59 Å². The van der Waals surface area contributed by atoms with E-state index in [1.54, 1.807) is 36.3 Å². The van der Waals surface area contributed by atoms with Crippen LogP contribution in [0.1, 0.15) is 10.4 Å². The van der Waals surface area contributed by atoms with Crippen LogP contribution in [0.4, 0.5) is 16.2 Å². The second-order valence-electron chi connectivity index (χ2n) is 7.56. The van der Waals surface area contributed by atoms with Gasteiger partial charge in [-0.3, -0.25) is 4.79 Å². The zero-order valence-electron chi connectivity index (χ0n) is 17.8. The molecule has 2 fully saturated rings. The van der Waals surface area contributed by atoms with E-state index >= 15 is 0 Å². The van der Waals surface area contributed by atoms with Crippen molar-refractivity contribution >= 4 is 23.3 Å². The fourth-order valence-corrected chi connectivity index (χ4v) is 3.89. The topological polar surface area (TPSA) is 74.4 Å². The maximum absolute atomic E-state index is 12.9. The van der Waals surface area contributed by atoms with E-state index in [-0.39, 0.29) is 11.9 Å². The average molecular weight is 425 g/mol. The van der Waals surface area contributed by atoms with Gasteiger partial charge in [-0.15, -0.1) is 0 Å². The molecule has 8 nitrogen and oxygen atoms in total. The molecule has 3 amide bonds. The zero-order chi connectivity index (χ0) is 21.6. The molecule has 4 rings (SSSR count). The molecule has 0 spiro atoms. The van der Waals surface area contributed by atoms with Gasteiger partial charge in [-0.1, -0.05) is 12.1 Å². The van der Waals surface area contributed by atoms with Gasteiger partial charge in [-0.05, 0) is 36.4 Å². The highest BCUT2D eigenvalue weighted by Crippen LogP contribution is 2.28. The van der Waals surface area contributed by atoms with Gasteiger partial charge >= 0.3 is 6.03 Å². The quantitative estimate of drug-likeness (QED) is 0.817. The largest absolute Gasteiger partial charge is 0.495 e. The molecular formula is C23H28N4O4. The summed E-state index contributed by atoms with van der Waals surface area (Å²) in [6.07, 6.45) is 0. The molecule has 1 N–H and O–H groups in total. The lowest BCUT2D eigenvalue weighted by molar-refractivity contribution is 0.0564. The second-order valence-corrected chi connectivity index (χ2v) is 7.56. The van der Waals surface area contributed by atoms with E-state index in [4.69, 9.17) is 9.47 Å². The SMILES string of the molecule is COc1ccccc1N1CCN(C(=O)c2ccc(NC(=O)N3CCOCC3)cc2)CC1. The summed E-state index contributed by atoms with van der Waals surface area (Å²) in [6, 6.07) is 14.9. The van der Waals surface area contributed by atoms with Gasteiger partial charge in [0, 0.05) is 50.5 Å². The van der Waals surface area contributed by atoms with E-state index in [0.717, 1.165) is 24.5 Å². The molecule has 0 saturated carbocycles. The molecule has 2 aromatic rings. The van der Waals surface area contributed by atoms with Gasteiger partial charge in [-0.2, -0.15) is 0 Å². The summed E-state index contributed by atoms with van der Waals surface area (Å²) < 4.78 is 10.7. The number of morpholine rings is 1. The van der Waals surface area contributed by atoms with Crippen LogP contribution in [0.25, 0.3) is 0 Å². The van der Waals surface area contributed by atoms with Crippen LogP contribution in [0.15, 0.2) is 48.5 Å². The molecule has 2 saturated heterocycles. The molecule has 164 valence electrons. The molecule has 0 aromatic heterocycles. The first kappa shape index (κ1) is 21.0. The Morgan fingerprint density at radius 1 is 0.871 bits per heavy atom. The molecule has 0 bridgehead atoms. The number of nitrogens with one attached hydrogen (secondary N) is 1. The van der Waals surface area contributed by atoms with Crippen molar-refractivity contribution in [1.29, 1.82) is 0 Å². The van der Waals surface area contributed by atoms with E-state index in [1.165, 1.54) is 0 Å². The lowest BCUT2D eigenvalue weighted by atomic mass is 10.1. The molecule has 2 aliphatic heterocycles. The molecule has 0 aliphatic carbocycles. The Morgan fingerprint density at radius 3 is 2.23 bits per heavy atom. The van der Waals surface area contributed by atoms with Crippen LogP contribution in [-0.4, -0.2) is 81.3 Å². The number of hydrogen-bond donors (Lipinski definition) is 1. The summed E-state index contributed by atoms with van der Waals surface area (Å²) in [5.74, 6) is 0.850. The first-order valence-electron chi connectivity index (χ1n) is 10.6. The molecule has 0 atom stereocenters. The number of hydrogen-bond acceptors (Lipinski definition) is 5. The summed E-state index contributed by atoms with van der Waals surface area (Å²) >= 11 is 0. The van der Waals surface area contributed by atoms with E-state index in [0.29, 0.717) is 50.6 Å². The number of para-hydroxylation sites is 2. The highest BCUT2D eigenvalue weighted by Gasteiger charge is 2.24. The number of carbonyl (C=O) groups excluding carboxylic acids is 2. The number of carbonyl (C=O) groups is 2. The fraction of sp³-hybridized carbons (Fsp3) is 0.391. The molecule has 2 heterocycles. The van der Waals surface area contributed by atoms with Crippen molar-refractivity contribution in [3.05, 3.63) is 54.1 Å². The number of piperazine rings is 1. The third-order valence-electron chi connectivity index (χ3n) is 5.67. The Kier molecular flexibility index (Phi) is 6.57. The Labute approximate surface area is 182 Å². The van der Waals surface area contributed by atoms with Gasteiger partial charge in [0.25, 0.3) is 5.91 Å². The Bertz CT molecular complexity index is 904. The van der Waals surface area contributed by atoms with Crippen LogP contribution < -0.4 is 15.0 Å². The van der Waals surface area contributed by atoms with Gasteiger partial charge in [0.1, 0.15) is 5.75 Å². The summed E-state index contributed by atoms with van der Waals surface area (Å²) in [5, 5.41) is 2.88. The number of methoxy groups -OCH3 is 1. The molecule has 2 aromatic carbocycles. The van der Waals surface area contributed by atoms with Crippen molar-refractivity contribution in [3.63, 3.8) is 0 Å². The van der Waals surface area contributed by atoms with E-state index in [2.05, 4.69) is 10.2 Å². The summed E-state index contributed by atoms with van der Waals surface area (Å²) in [5.41, 5.74) is 2.35. The first-order chi connectivity index (χ1) is 15.2. The van der Waals surface area contributed by atoms with Crippen LogP contribution in [-0.2, 0) is 4.74 Å². The molecule has 2 aliphatic rings. The number of nitrogens with zero attached hydrogens (tertiary/aromatic N) is 3. The van der Waals surface area contributed by atoms with E-state index < -0.39 is 0 Å². The van der Waals surface area contributed by atoms with Crippen molar-refractivity contribution < 1.29 is 19.1 Å². The molecule has 0 unspecified atom stereocenters. The van der Waals surface area contributed by atoms with Crippen LogP contribution in [0.3, 0.4) is 0 Å². The molecule has 8 heteroatoms. The van der Waals surface area contributed by atoms with Crippen molar-refractivity contribution in [2.45, 2.75) is 0 Å². The van der Waals surface area contributed by atoms with Crippen molar-refractivity contribution in [3.8, 4) is 5.75 Å². The fourth-order valence-electron chi connectivity index (χ4n) is 3.89. The predicted octanol–water partition coefficient (Wildman–Crippen LogP) is 2.52. The Hall–Kier alpha value is -3.26. The molecule has 0 radical (unpaired) electrons. The van der Waals surface area contributed by atoms with Crippen molar-refractivity contribution in [2.75, 3.05) is 69.8 Å². The first-order valence-corrected chi connectivity index (χ1v) is 10.6. The number of ether oxygens (including phenoxy) is 2. The van der Waals surface area contributed by atoms with Gasteiger partial charge in [0.05, 0.1) is 26.0 Å². The average Bonchev–Trinajstić information content (AvgIpc) is 2.84. The van der Waals surface area contributed by atoms with Crippen LogP contribution >= 0.6 is 0 Å². The standard InChI is InChI=1S/C23H28N4O4/c1-30-21-5-3-2-4-20(21)25-10-12-26(13-11-25)22(28)18-6-8-19(9-7-18)24-23(29)27-14-16-31-17-15-27/h2-9H,10-17H2,1H3,(H,24,29). The summed E-state index contributed by atoms with van der Waals surface area (Å²) in [4.78, 5) is 31.1. The summed E-state index contributed by atoms with van der Waals surface area (Å²) in [7, 11) is 1.67. The van der Waals surface area contributed by atoms with Gasteiger partial charge in [-0.25, -0.2) is 4.79 Å². The third-order valence-corrected chi connectivity index (χ3v) is 5.67. The monoisotopic (exact) mass is 424 g/mol. The van der Waals surface area contributed by atoms with Gasteiger partial charge in [0.15, 0.2) is 0 Å². The Morgan fingerprint density at radius 2 is 1.55 bits per heavy atom. The van der Waals surface area contributed by atoms with E-state index in [1.807, 2.05) is 29.2 Å². The minimum absolute atomic E-state index is 0.00531. The predicted molar refractivity (Wildman–Crippen MR) is 119 cm³/mol. The maximum atomic E-state index is 12.9. The van der Waals surface area contributed by atoms with Gasteiger partial charge in [0.2, 0.25) is 0 Å².